The first-order valence-corrected chi connectivity index (χ1v) is 12.4. The number of aryl methyl sites for hydroxylation is 1. The molecule has 178 valence electrons. The number of aliphatic imine (C=N–C) groups is 1. The van der Waals surface area contributed by atoms with Crippen molar-refractivity contribution in [3.8, 4) is 0 Å². The number of guanidine groups is 1. The fourth-order valence-electron chi connectivity index (χ4n) is 3.66. The van der Waals surface area contributed by atoms with Crippen LogP contribution >= 0.6 is 24.0 Å². The minimum absolute atomic E-state index is 0. The standard InChI is InChI=1S/C22H33N5O3S.HI/c1-18(2)20-8-6-19(7-9-20)5-4-11-24-22(23-3)26-12-14-27(15-13-26)31(28,29)17-21-10-16-30-25-21;/h6-10,16,18H,4-5,11-15,17H2,1-3H3,(H,23,24);1H. The zero-order valence-electron chi connectivity index (χ0n) is 19.0. The van der Waals surface area contributed by atoms with Gasteiger partial charge in [-0.3, -0.25) is 4.99 Å². The first-order chi connectivity index (χ1) is 14.9. The zero-order chi connectivity index (χ0) is 22.3. The third-order valence-electron chi connectivity index (χ3n) is 5.54. The number of aromatic nitrogens is 1. The normalized spacial score (nSPS) is 15.6. The second-order valence-corrected chi connectivity index (χ2v) is 10.1. The van der Waals surface area contributed by atoms with Crippen LogP contribution in [0.15, 0.2) is 46.1 Å². The Balaban J connectivity index is 0.00000363. The SMILES string of the molecule is CN=C(NCCCc1ccc(C(C)C)cc1)N1CCN(S(=O)(=O)Cc2ccon2)CC1.I. The lowest BCUT2D eigenvalue weighted by atomic mass is 10.0. The Hall–Kier alpha value is -1.66. The Morgan fingerprint density at radius 2 is 1.84 bits per heavy atom. The lowest BCUT2D eigenvalue weighted by Crippen LogP contribution is -2.54. The molecule has 0 spiro atoms. The molecular formula is C22H34IN5O3S. The number of rotatable bonds is 8. The maximum absolute atomic E-state index is 12.6. The molecule has 2 heterocycles. The van der Waals surface area contributed by atoms with Gasteiger partial charge in [-0.15, -0.1) is 24.0 Å². The predicted octanol–water partition coefficient (Wildman–Crippen LogP) is 3.07. The minimum Gasteiger partial charge on any atom is -0.364 e. The largest absolute Gasteiger partial charge is 0.364 e. The summed E-state index contributed by atoms with van der Waals surface area (Å²) in [6, 6.07) is 10.4. The van der Waals surface area contributed by atoms with Gasteiger partial charge < -0.3 is 14.7 Å². The summed E-state index contributed by atoms with van der Waals surface area (Å²) >= 11 is 0. The van der Waals surface area contributed by atoms with Crippen molar-refractivity contribution < 1.29 is 12.9 Å². The lowest BCUT2D eigenvalue weighted by molar-refractivity contribution is 0.260. The van der Waals surface area contributed by atoms with Crippen molar-refractivity contribution in [3.05, 3.63) is 53.4 Å². The molecule has 2 aromatic rings. The highest BCUT2D eigenvalue weighted by Gasteiger charge is 2.28. The second kappa shape index (κ2) is 12.5. The van der Waals surface area contributed by atoms with Gasteiger partial charge in [-0.25, -0.2) is 8.42 Å². The van der Waals surface area contributed by atoms with Crippen LogP contribution in [-0.2, 0) is 22.2 Å². The molecule has 1 aromatic heterocycles. The van der Waals surface area contributed by atoms with Gasteiger partial charge in [0, 0.05) is 45.8 Å². The predicted molar refractivity (Wildman–Crippen MR) is 138 cm³/mol. The van der Waals surface area contributed by atoms with Crippen LogP contribution in [0.1, 0.15) is 43.0 Å². The number of sulfonamides is 1. The van der Waals surface area contributed by atoms with E-state index in [1.165, 1.54) is 21.7 Å². The van der Waals surface area contributed by atoms with Crippen molar-refractivity contribution in [1.29, 1.82) is 0 Å². The summed E-state index contributed by atoms with van der Waals surface area (Å²) in [5, 5.41) is 7.12. The van der Waals surface area contributed by atoms with Crippen LogP contribution in [0.3, 0.4) is 0 Å². The smallest absolute Gasteiger partial charge is 0.220 e. The van der Waals surface area contributed by atoms with Gasteiger partial charge in [-0.2, -0.15) is 4.31 Å². The number of hydrogen-bond donors (Lipinski definition) is 1. The third-order valence-corrected chi connectivity index (χ3v) is 7.35. The first kappa shape index (κ1) is 26.6. The molecule has 0 saturated carbocycles. The monoisotopic (exact) mass is 575 g/mol. The minimum atomic E-state index is -3.40. The molecule has 1 N–H and O–H groups in total. The van der Waals surface area contributed by atoms with Crippen LogP contribution < -0.4 is 5.32 Å². The van der Waals surface area contributed by atoms with Crippen LogP contribution in [0.2, 0.25) is 0 Å². The molecule has 1 aliphatic heterocycles. The van der Waals surface area contributed by atoms with Crippen LogP contribution in [-0.4, -0.2) is 68.5 Å². The average molecular weight is 576 g/mol. The molecule has 1 aliphatic rings. The molecule has 1 aromatic carbocycles. The third kappa shape index (κ3) is 7.45. The molecule has 0 unspecified atom stereocenters. The number of nitrogens with zero attached hydrogens (tertiary/aromatic N) is 4. The number of halogens is 1. The summed E-state index contributed by atoms with van der Waals surface area (Å²) in [6.07, 6.45) is 3.40. The van der Waals surface area contributed by atoms with Crippen molar-refractivity contribution in [2.24, 2.45) is 4.99 Å². The van der Waals surface area contributed by atoms with Crippen molar-refractivity contribution in [1.82, 2.24) is 19.7 Å². The van der Waals surface area contributed by atoms with E-state index in [0.29, 0.717) is 37.8 Å². The quantitative estimate of drug-likeness (QED) is 0.225. The summed E-state index contributed by atoms with van der Waals surface area (Å²) in [4.78, 5) is 6.49. The van der Waals surface area contributed by atoms with Crippen LogP contribution in [0.5, 0.6) is 0 Å². The summed E-state index contributed by atoms with van der Waals surface area (Å²) in [5.41, 5.74) is 3.13. The van der Waals surface area contributed by atoms with Gasteiger partial charge in [0.1, 0.15) is 12.0 Å². The average Bonchev–Trinajstić information content (AvgIpc) is 3.26. The fourth-order valence-corrected chi connectivity index (χ4v) is 5.09. The molecule has 0 radical (unpaired) electrons. The van der Waals surface area contributed by atoms with Crippen molar-refractivity contribution in [3.63, 3.8) is 0 Å². The van der Waals surface area contributed by atoms with E-state index >= 15 is 0 Å². The van der Waals surface area contributed by atoms with E-state index in [4.69, 9.17) is 4.52 Å². The van der Waals surface area contributed by atoms with Gasteiger partial charge in [-0.1, -0.05) is 43.3 Å². The Morgan fingerprint density at radius 1 is 1.16 bits per heavy atom. The van der Waals surface area contributed by atoms with Gasteiger partial charge in [0.15, 0.2) is 5.96 Å². The molecule has 3 rings (SSSR count). The van der Waals surface area contributed by atoms with E-state index in [9.17, 15) is 8.42 Å². The van der Waals surface area contributed by atoms with Crippen LogP contribution in [0.4, 0.5) is 0 Å². The molecule has 8 nitrogen and oxygen atoms in total. The number of benzene rings is 1. The molecule has 0 bridgehead atoms. The highest BCUT2D eigenvalue weighted by Crippen LogP contribution is 2.16. The highest BCUT2D eigenvalue weighted by molar-refractivity contribution is 14.0. The highest BCUT2D eigenvalue weighted by atomic mass is 127. The Labute approximate surface area is 208 Å². The van der Waals surface area contributed by atoms with Gasteiger partial charge in [0.2, 0.25) is 10.0 Å². The maximum Gasteiger partial charge on any atom is 0.220 e. The van der Waals surface area contributed by atoms with Gasteiger partial charge >= 0.3 is 0 Å². The van der Waals surface area contributed by atoms with E-state index in [2.05, 4.69) is 58.5 Å². The van der Waals surface area contributed by atoms with Crippen molar-refractivity contribution >= 4 is 40.0 Å². The topological polar surface area (TPSA) is 91.0 Å². The van der Waals surface area contributed by atoms with Crippen LogP contribution in [0.25, 0.3) is 0 Å². The molecule has 1 saturated heterocycles. The Bertz CT molecular complexity index is 938. The van der Waals surface area contributed by atoms with E-state index in [0.717, 1.165) is 25.3 Å². The van der Waals surface area contributed by atoms with Crippen molar-refractivity contribution in [2.75, 3.05) is 39.8 Å². The fraction of sp³-hybridized carbons (Fsp3) is 0.545. The Morgan fingerprint density at radius 3 is 2.41 bits per heavy atom. The molecule has 32 heavy (non-hydrogen) atoms. The van der Waals surface area contributed by atoms with Crippen molar-refractivity contribution in [2.45, 2.75) is 38.4 Å². The summed E-state index contributed by atoms with van der Waals surface area (Å²) in [6.45, 7) is 7.31. The molecule has 0 aliphatic carbocycles. The zero-order valence-corrected chi connectivity index (χ0v) is 22.2. The molecule has 0 amide bonds. The molecule has 1 fully saturated rings. The molecule has 0 atom stereocenters. The van der Waals surface area contributed by atoms with E-state index in [1.54, 1.807) is 13.1 Å². The lowest BCUT2D eigenvalue weighted by Gasteiger charge is -2.35. The first-order valence-electron chi connectivity index (χ1n) is 10.8. The van der Waals surface area contributed by atoms with E-state index in [1.807, 2.05) is 0 Å². The number of piperazine rings is 1. The molecule has 10 heteroatoms. The van der Waals surface area contributed by atoms with E-state index in [-0.39, 0.29) is 29.7 Å². The number of hydrogen-bond acceptors (Lipinski definition) is 5. The Kier molecular flexibility index (Phi) is 10.4. The van der Waals surface area contributed by atoms with E-state index < -0.39 is 10.0 Å². The summed E-state index contributed by atoms with van der Waals surface area (Å²) in [5.74, 6) is 1.25. The second-order valence-electron chi connectivity index (χ2n) is 8.11. The maximum atomic E-state index is 12.6. The van der Waals surface area contributed by atoms with Gasteiger partial charge in [0.05, 0.1) is 5.69 Å². The summed E-state index contributed by atoms with van der Waals surface area (Å²) in [7, 11) is -1.63. The van der Waals surface area contributed by atoms with Crippen LogP contribution in [0, 0.1) is 0 Å². The number of nitrogens with one attached hydrogen (secondary N) is 1. The van der Waals surface area contributed by atoms with Gasteiger partial charge in [0.25, 0.3) is 0 Å². The summed E-state index contributed by atoms with van der Waals surface area (Å²) < 4.78 is 31.4. The molecular weight excluding hydrogens is 541 g/mol. The van der Waals surface area contributed by atoms with Gasteiger partial charge in [-0.05, 0) is 29.9 Å².